The van der Waals surface area contributed by atoms with Crippen LogP contribution in [-0.2, 0) is 6.54 Å². The SMILES string of the molecule is CC(Cn1cccn1)NC1CCSCC1. The van der Waals surface area contributed by atoms with Crippen molar-refractivity contribution in [2.75, 3.05) is 11.5 Å². The first-order valence-electron chi connectivity index (χ1n) is 5.66. The molecule has 0 amide bonds. The van der Waals surface area contributed by atoms with Gasteiger partial charge in [0.25, 0.3) is 0 Å². The monoisotopic (exact) mass is 225 g/mol. The Morgan fingerprint density at radius 1 is 1.53 bits per heavy atom. The van der Waals surface area contributed by atoms with Crippen molar-refractivity contribution in [3.63, 3.8) is 0 Å². The van der Waals surface area contributed by atoms with Gasteiger partial charge in [-0.15, -0.1) is 0 Å². The Hall–Kier alpha value is -0.480. The number of nitrogens with zero attached hydrogens (tertiary/aromatic N) is 2. The number of rotatable bonds is 4. The molecule has 3 nitrogen and oxygen atoms in total. The average molecular weight is 225 g/mol. The summed E-state index contributed by atoms with van der Waals surface area (Å²) in [5, 5.41) is 7.90. The second-order valence-electron chi connectivity index (χ2n) is 4.18. The fourth-order valence-corrected chi connectivity index (χ4v) is 3.11. The van der Waals surface area contributed by atoms with Crippen LogP contribution in [0, 0.1) is 0 Å². The zero-order valence-corrected chi connectivity index (χ0v) is 10.0. The molecule has 0 radical (unpaired) electrons. The summed E-state index contributed by atoms with van der Waals surface area (Å²) in [7, 11) is 0. The van der Waals surface area contributed by atoms with Crippen LogP contribution in [0.4, 0.5) is 0 Å². The van der Waals surface area contributed by atoms with Crippen LogP contribution in [0.1, 0.15) is 19.8 Å². The molecule has 1 aliphatic heterocycles. The maximum Gasteiger partial charge on any atom is 0.0560 e. The lowest BCUT2D eigenvalue weighted by Crippen LogP contribution is -2.41. The van der Waals surface area contributed by atoms with Gasteiger partial charge in [-0.25, -0.2) is 0 Å². The highest BCUT2D eigenvalue weighted by Crippen LogP contribution is 2.17. The first-order chi connectivity index (χ1) is 7.34. The van der Waals surface area contributed by atoms with E-state index in [0.29, 0.717) is 6.04 Å². The van der Waals surface area contributed by atoms with E-state index in [0.717, 1.165) is 12.6 Å². The Kier molecular flexibility index (Phi) is 4.09. The Balaban J connectivity index is 1.74. The third-order valence-corrected chi connectivity index (χ3v) is 3.81. The van der Waals surface area contributed by atoms with E-state index in [9.17, 15) is 0 Å². The fraction of sp³-hybridized carbons (Fsp3) is 0.727. The van der Waals surface area contributed by atoms with E-state index in [4.69, 9.17) is 0 Å². The van der Waals surface area contributed by atoms with Crippen molar-refractivity contribution in [3.05, 3.63) is 18.5 Å². The lowest BCUT2D eigenvalue weighted by atomic mass is 10.1. The van der Waals surface area contributed by atoms with Gasteiger partial charge in [0, 0.05) is 24.5 Å². The van der Waals surface area contributed by atoms with Crippen molar-refractivity contribution in [3.8, 4) is 0 Å². The van der Waals surface area contributed by atoms with E-state index in [-0.39, 0.29) is 0 Å². The van der Waals surface area contributed by atoms with Crippen LogP contribution in [0.15, 0.2) is 18.5 Å². The van der Waals surface area contributed by atoms with E-state index in [2.05, 4.69) is 29.1 Å². The summed E-state index contributed by atoms with van der Waals surface area (Å²) in [6.07, 6.45) is 6.49. The number of aromatic nitrogens is 2. The number of hydrogen-bond donors (Lipinski definition) is 1. The number of nitrogens with one attached hydrogen (secondary N) is 1. The van der Waals surface area contributed by atoms with Gasteiger partial charge in [-0.3, -0.25) is 4.68 Å². The molecule has 0 aliphatic carbocycles. The maximum atomic E-state index is 4.22. The van der Waals surface area contributed by atoms with Gasteiger partial charge >= 0.3 is 0 Å². The molecule has 0 saturated carbocycles. The molecule has 84 valence electrons. The Bertz CT molecular complexity index is 267. The topological polar surface area (TPSA) is 29.9 Å². The zero-order chi connectivity index (χ0) is 10.5. The minimum Gasteiger partial charge on any atom is -0.310 e. The summed E-state index contributed by atoms with van der Waals surface area (Å²) < 4.78 is 2.00. The summed E-state index contributed by atoms with van der Waals surface area (Å²) >= 11 is 2.07. The predicted molar refractivity (Wildman–Crippen MR) is 65.2 cm³/mol. The molecule has 1 aromatic rings. The van der Waals surface area contributed by atoms with Gasteiger partial charge in [0.2, 0.25) is 0 Å². The van der Waals surface area contributed by atoms with Crippen molar-refractivity contribution < 1.29 is 0 Å². The highest BCUT2D eigenvalue weighted by Gasteiger charge is 2.15. The van der Waals surface area contributed by atoms with Gasteiger partial charge in [-0.05, 0) is 37.3 Å². The van der Waals surface area contributed by atoms with E-state index in [1.165, 1.54) is 24.3 Å². The summed E-state index contributed by atoms with van der Waals surface area (Å²) in [6.45, 7) is 3.21. The molecule has 1 saturated heterocycles. The van der Waals surface area contributed by atoms with Gasteiger partial charge < -0.3 is 5.32 Å². The summed E-state index contributed by atoms with van der Waals surface area (Å²) in [4.78, 5) is 0. The lowest BCUT2D eigenvalue weighted by Gasteiger charge is -2.26. The molecule has 1 atom stereocenters. The summed E-state index contributed by atoms with van der Waals surface area (Å²) in [5.74, 6) is 2.62. The molecule has 1 unspecified atom stereocenters. The second-order valence-corrected chi connectivity index (χ2v) is 5.41. The van der Waals surface area contributed by atoms with Crippen molar-refractivity contribution in [2.24, 2.45) is 0 Å². The quantitative estimate of drug-likeness (QED) is 0.847. The average Bonchev–Trinajstić information content (AvgIpc) is 2.71. The predicted octanol–water partition coefficient (Wildman–Crippen LogP) is 1.76. The molecular weight excluding hydrogens is 206 g/mol. The molecule has 2 heterocycles. The smallest absolute Gasteiger partial charge is 0.0560 e. The first kappa shape index (κ1) is 11.0. The Labute approximate surface area is 95.6 Å². The molecular formula is C11H19N3S. The normalized spacial score (nSPS) is 20.3. The van der Waals surface area contributed by atoms with Gasteiger partial charge in [0.05, 0.1) is 6.54 Å². The lowest BCUT2D eigenvalue weighted by molar-refractivity contribution is 0.379. The van der Waals surface area contributed by atoms with Crippen LogP contribution < -0.4 is 5.32 Å². The van der Waals surface area contributed by atoms with E-state index < -0.39 is 0 Å². The molecule has 1 aromatic heterocycles. The molecule has 0 bridgehead atoms. The van der Waals surface area contributed by atoms with Gasteiger partial charge in [0.15, 0.2) is 0 Å². The van der Waals surface area contributed by atoms with Crippen molar-refractivity contribution in [1.82, 2.24) is 15.1 Å². The van der Waals surface area contributed by atoms with Gasteiger partial charge in [0.1, 0.15) is 0 Å². The summed E-state index contributed by atoms with van der Waals surface area (Å²) in [5.41, 5.74) is 0. The molecule has 0 spiro atoms. The standard InChI is InChI=1S/C11H19N3S/c1-10(9-14-6-2-5-12-14)13-11-3-7-15-8-4-11/h2,5-6,10-11,13H,3-4,7-9H2,1H3. The van der Waals surface area contributed by atoms with E-state index in [1.54, 1.807) is 0 Å². The molecule has 1 N–H and O–H groups in total. The minimum absolute atomic E-state index is 0.512. The Morgan fingerprint density at radius 2 is 2.33 bits per heavy atom. The van der Waals surface area contributed by atoms with Crippen LogP contribution in [0.25, 0.3) is 0 Å². The van der Waals surface area contributed by atoms with E-state index >= 15 is 0 Å². The second kappa shape index (κ2) is 5.56. The highest BCUT2D eigenvalue weighted by molar-refractivity contribution is 7.99. The summed E-state index contributed by atoms with van der Waals surface area (Å²) in [6, 6.07) is 3.21. The van der Waals surface area contributed by atoms with Crippen LogP contribution in [0.2, 0.25) is 0 Å². The molecule has 2 rings (SSSR count). The fourth-order valence-electron chi connectivity index (χ4n) is 2.01. The van der Waals surface area contributed by atoms with Crippen molar-refractivity contribution in [2.45, 2.75) is 38.4 Å². The van der Waals surface area contributed by atoms with Crippen LogP contribution in [0.5, 0.6) is 0 Å². The number of thioether (sulfide) groups is 1. The van der Waals surface area contributed by atoms with Crippen molar-refractivity contribution in [1.29, 1.82) is 0 Å². The Morgan fingerprint density at radius 3 is 3.00 bits per heavy atom. The zero-order valence-electron chi connectivity index (χ0n) is 9.22. The maximum absolute atomic E-state index is 4.22. The largest absolute Gasteiger partial charge is 0.310 e. The minimum atomic E-state index is 0.512. The van der Waals surface area contributed by atoms with E-state index in [1.807, 2.05) is 23.1 Å². The highest BCUT2D eigenvalue weighted by atomic mass is 32.2. The van der Waals surface area contributed by atoms with Crippen molar-refractivity contribution >= 4 is 11.8 Å². The van der Waals surface area contributed by atoms with Crippen LogP contribution in [0.3, 0.4) is 0 Å². The third-order valence-electron chi connectivity index (χ3n) is 2.76. The molecule has 0 aromatic carbocycles. The van der Waals surface area contributed by atoms with Crippen LogP contribution in [-0.4, -0.2) is 33.4 Å². The molecule has 15 heavy (non-hydrogen) atoms. The molecule has 1 aliphatic rings. The molecule has 1 fully saturated rings. The molecule has 4 heteroatoms. The van der Waals surface area contributed by atoms with Gasteiger partial charge in [-0.1, -0.05) is 0 Å². The van der Waals surface area contributed by atoms with Gasteiger partial charge in [-0.2, -0.15) is 16.9 Å². The number of hydrogen-bond acceptors (Lipinski definition) is 3. The van der Waals surface area contributed by atoms with Crippen LogP contribution >= 0.6 is 11.8 Å². The first-order valence-corrected chi connectivity index (χ1v) is 6.81. The third kappa shape index (κ3) is 3.54.